The smallest absolute Gasteiger partial charge is 0.162 e. The van der Waals surface area contributed by atoms with Gasteiger partial charge in [-0.2, -0.15) is 5.10 Å². The molecule has 0 bridgehead atoms. The van der Waals surface area contributed by atoms with Gasteiger partial charge in [-0.3, -0.25) is 0 Å². The predicted molar refractivity (Wildman–Crippen MR) is 41.8 cm³/mol. The SMILES string of the molecule is Cc1ncsc1/C(N)=N/N. The number of nitrogens with zero attached hydrogens (tertiary/aromatic N) is 2. The van der Waals surface area contributed by atoms with Crippen molar-refractivity contribution in [2.24, 2.45) is 16.7 Å². The molecule has 4 nitrogen and oxygen atoms in total. The van der Waals surface area contributed by atoms with Crippen molar-refractivity contribution in [1.82, 2.24) is 4.98 Å². The van der Waals surface area contributed by atoms with Gasteiger partial charge in [-0.1, -0.05) is 0 Å². The van der Waals surface area contributed by atoms with Crippen LogP contribution in [-0.2, 0) is 0 Å². The fraction of sp³-hybridized carbons (Fsp3) is 0.200. The maximum absolute atomic E-state index is 5.43. The molecule has 1 aromatic rings. The highest BCUT2D eigenvalue weighted by molar-refractivity contribution is 7.12. The average Bonchev–Trinajstić information content (AvgIpc) is 2.34. The summed E-state index contributed by atoms with van der Waals surface area (Å²) in [5.74, 6) is 5.32. The number of aryl methyl sites for hydroxylation is 1. The van der Waals surface area contributed by atoms with Crippen LogP contribution in [-0.4, -0.2) is 10.8 Å². The summed E-state index contributed by atoms with van der Waals surface area (Å²) >= 11 is 1.44. The van der Waals surface area contributed by atoms with Gasteiger partial charge >= 0.3 is 0 Å². The summed E-state index contributed by atoms with van der Waals surface area (Å²) in [5, 5.41) is 3.36. The molecule has 0 aliphatic rings. The van der Waals surface area contributed by atoms with Gasteiger partial charge in [0.15, 0.2) is 5.84 Å². The summed E-state index contributed by atoms with van der Waals surface area (Å²) in [7, 11) is 0. The van der Waals surface area contributed by atoms with Crippen LogP contribution in [0.4, 0.5) is 0 Å². The molecule has 0 aliphatic heterocycles. The molecular weight excluding hydrogens is 148 g/mol. The molecule has 0 unspecified atom stereocenters. The molecule has 5 heteroatoms. The Kier molecular flexibility index (Phi) is 1.86. The number of hydrogen-bond donors (Lipinski definition) is 2. The van der Waals surface area contributed by atoms with Crippen LogP contribution in [0.5, 0.6) is 0 Å². The zero-order valence-electron chi connectivity index (χ0n) is 5.53. The van der Waals surface area contributed by atoms with Crippen molar-refractivity contribution in [2.75, 3.05) is 0 Å². The summed E-state index contributed by atoms with van der Waals surface area (Å²) in [4.78, 5) is 4.84. The number of hydrazone groups is 1. The van der Waals surface area contributed by atoms with Crippen molar-refractivity contribution in [1.29, 1.82) is 0 Å². The van der Waals surface area contributed by atoms with Gasteiger partial charge in [0, 0.05) is 0 Å². The second kappa shape index (κ2) is 2.66. The second-order valence-electron chi connectivity index (χ2n) is 1.78. The Morgan fingerprint density at radius 3 is 2.90 bits per heavy atom. The van der Waals surface area contributed by atoms with Gasteiger partial charge < -0.3 is 11.6 Å². The van der Waals surface area contributed by atoms with Gasteiger partial charge in [-0.05, 0) is 6.92 Å². The minimum atomic E-state index is 0.347. The number of nitrogens with two attached hydrogens (primary N) is 2. The van der Waals surface area contributed by atoms with E-state index in [0.717, 1.165) is 10.6 Å². The molecule has 0 saturated carbocycles. The first kappa shape index (κ1) is 7.01. The highest BCUT2D eigenvalue weighted by atomic mass is 32.1. The van der Waals surface area contributed by atoms with E-state index in [1.165, 1.54) is 11.3 Å². The van der Waals surface area contributed by atoms with Gasteiger partial charge in [-0.25, -0.2) is 4.98 Å². The fourth-order valence-corrected chi connectivity index (χ4v) is 1.32. The van der Waals surface area contributed by atoms with E-state index in [4.69, 9.17) is 11.6 Å². The van der Waals surface area contributed by atoms with Crippen LogP contribution in [0.2, 0.25) is 0 Å². The Labute approximate surface area is 62.6 Å². The van der Waals surface area contributed by atoms with E-state index in [1.54, 1.807) is 5.51 Å². The lowest BCUT2D eigenvalue weighted by Gasteiger charge is -1.92. The van der Waals surface area contributed by atoms with Gasteiger partial charge in [0.25, 0.3) is 0 Å². The van der Waals surface area contributed by atoms with Crippen molar-refractivity contribution in [3.8, 4) is 0 Å². The lowest BCUT2D eigenvalue weighted by molar-refractivity contribution is 1.21. The van der Waals surface area contributed by atoms with Crippen LogP contribution in [0.3, 0.4) is 0 Å². The van der Waals surface area contributed by atoms with Crippen molar-refractivity contribution < 1.29 is 0 Å². The summed E-state index contributed by atoms with van der Waals surface area (Å²) < 4.78 is 0. The van der Waals surface area contributed by atoms with Crippen molar-refractivity contribution in [3.05, 3.63) is 16.1 Å². The van der Waals surface area contributed by atoms with Gasteiger partial charge in [0.05, 0.1) is 16.1 Å². The normalized spacial score (nSPS) is 11.9. The van der Waals surface area contributed by atoms with E-state index in [2.05, 4.69) is 10.1 Å². The predicted octanol–water partition coefficient (Wildman–Crippen LogP) is 0.0305. The molecule has 1 aromatic heterocycles. The topological polar surface area (TPSA) is 77.3 Å². The Balaban J connectivity index is 3.05. The van der Waals surface area contributed by atoms with Crippen molar-refractivity contribution in [2.45, 2.75) is 6.92 Å². The highest BCUT2D eigenvalue weighted by Gasteiger charge is 2.03. The van der Waals surface area contributed by atoms with Crippen molar-refractivity contribution in [3.63, 3.8) is 0 Å². The third kappa shape index (κ3) is 1.08. The lowest BCUT2D eigenvalue weighted by Crippen LogP contribution is -2.14. The van der Waals surface area contributed by atoms with Gasteiger partial charge in [0.1, 0.15) is 0 Å². The fourth-order valence-electron chi connectivity index (χ4n) is 0.606. The van der Waals surface area contributed by atoms with Crippen LogP contribution >= 0.6 is 11.3 Å². The number of rotatable bonds is 1. The molecule has 1 rings (SSSR count). The third-order valence-electron chi connectivity index (χ3n) is 1.12. The summed E-state index contributed by atoms with van der Waals surface area (Å²) in [5.41, 5.74) is 8.02. The number of aromatic nitrogens is 1. The third-order valence-corrected chi connectivity index (χ3v) is 2.07. The zero-order chi connectivity index (χ0) is 7.56. The van der Waals surface area contributed by atoms with Crippen LogP contribution in [0, 0.1) is 6.92 Å². The molecule has 0 atom stereocenters. The van der Waals surface area contributed by atoms with Gasteiger partial charge in [-0.15, -0.1) is 11.3 Å². The molecule has 0 fully saturated rings. The molecule has 0 aliphatic carbocycles. The van der Waals surface area contributed by atoms with E-state index < -0.39 is 0 Å². The van der Waals surface area contributed by atoms with E-state index in [1.807, 2.05) is 6.92 Å². The molecule has 4 N–H and O–H groups in total. The van der Waals surface area contributed by atoms with E-state index in [0.29, 0.717) is 5.84 Å². The molecule has 1 heterocycles. The molecule has 0 spiro atoms. The zero-order valence-corrected chi connectivity index (χ0v) is 6.35. The van der Waals surface area contributed by atoms with Crippen LogP contribution in [0.25, 0.3) is 0 Å². The summed E-state index contributed by atoms with van der Waals surface area (Å²) in [6, 6.07) is 0. The van der Waals surface area contributed by atoms with Crippen LogP contribution in [0.15, 0.2) is 10.6 Å². The summed E-state index contributed by atoms with van der Waals surface area (Å²) in [6.07, 6.45) is 0. The summed E-state index contributed by atoms with van der Waals surface area (Å²) in [6.45, 7) is 1.86. The van der Waals surface area contributed by atoms with Crippen LogP contribution in [0.1, 0.15) is 10.6 Å². The van der Waals surface area contributed by atoms with E-state index >= 15 is 0 Å². The first-order valence-corrected chi connectivity index (χ1v) is 3.57. The quantitative estimate of drug-likeness (QED) is 0.260. The second-order valence-corrected chi connectivity index (χ2v) is 2.64. The Morgan fingerprint density at radius 2 is 2.50 bits per heavy atom. The molecule has 0 radical (unpaired) electrons. The molecule has 54 valence electrons. The maximum Gasteiger partial charge on any atom is 0.162 e. The molecule has 0 amide bonds. The number of thiazole rings is 1. The van der Waals surface area contributed by atoms with Crippen molar-refractivity contribution >= 4 is 17.2 Å². The molecule has 0 saturated heterocycles. The Hall–Kier alpha value is -1.10. The highest BCUT2D eigenvalue weighted by Crippen LogP contribution is 2.10. The standard InChI is InChI=1S/C5H8N4S/c1-3-4(5(6)9-7)10-2-8-3/h2H,7H2,1H3,(H2,6,9). The maximum atomic E-state index is 5.43. The average molecular weight is 156 g/mol. The number of amidine groups is 1. The number of hydrogen-bond acceptors (Lipinski definition) is 4. The van der Waals surface area contributed by atoms with Gasteiger partial charge in [0.2, 0.25) is 0 Å². The monoisotopic (exact) mass is 156 g/mol. The van der Waals surface area contributed by atoms with E-state index in [-0.39, 0.29) is 0 Å². The molecule has 10 heavy (non-hydrogen) atoms. The first-order valence-electron chi connectivity index (χ1n) is 2.69. The molecule has 0 aromatic carbocycles. The molecular formula is C5H8N4S. The largest absolute Gasteiger partial charge is 0.381 e. The Bertz CT molecular complexity index is 252. The minimum Gasteiger partial charge on any atom is -0.381 e. The Morgan fingerprint density at radius 1 is 1.80 bits per heavy atom. The van der Waals surface area contributed by atoms with Crippen LogP contribution < -0.4 is 11.6 Å². The minimum absolute atomic E-state index is 0.347. The lowest BCUT2D eigenvalue weighted by atomic mass is 10.4. The first-order chi connectivity index (χ1) is 4.75. The van der Waals surface area contributed by atoms with E-state index in [9.17, 15) is 0 Å².